The number of benzene rings is 2. The molecule has 3 aromatic rings. The van der Waals surface area contributed by atoms with E-state index in [4.69, 9.17) is 9.47 Å². The van der Waals surface area contributed by atoms with Gasteiger partial charge in [-0.3, -0.25) is 14.6 Å². The summed E-state index contributed by atoms with van der Waals surface area (Å²) >= 11 is 0. The molecule has 0 unspecified atom stereocenters. The maximum atomic E-state index is 13.2. The average molecular weight is 476 g/mol. The minimum atomic E-state index is -0.363. The number of fused-ring (bicyclic) bond motifs is 5. The third-order valence-electron chi connectivity index (χ3n) is 8.31. The van der Waals surface area contributed by atoms with Gasteiger partial charge in [0, 0.05) is 48.2 Å². The molecular weight excluding hydrogens is 442 g/mol. The highest BCUT2D eigenvalue weighted by Crippen LogP contribution is 2.50. The van der Waals surface area contributed by atoms with Gasteiger partial charge in [-0.15, -0.1) is 0 Å². The quantitative estimate of drug-likeness (QED) is 0.562. The molecule has 35 heavy (non-hydrogen) atoms. The van der Waals surface area contributed by atoms with E-state index in [1.807, 2.05) is 18.2 Å². The van der Waals surface area contributed by atoms with E-state index in [0.29, 0.717) is 19.0 Å². The number of β-amino-alcohol motifs (C(OH)–C–C–N with tert-alkyl or cyclic N) is 1. The molecule has 0 saturated carbocycles. The first kappa shape index (κ1) is 22.6. The molecule has 0 bridgehead atoms. The first-order chi connectivity index (χ1) is 17.1. The molecule has 7 heteroatoms. The molecule has 1 aromatic heterocycles. The van der Waals surface area contributed by atoms with Gasteiger partial charge in [-0.1, -0.05) is 30.3 Å². The second kappa shape index (κ2) is 8.97. The molecule has 0 spiro atoms. The predicted octanol–water partition coefficient (Wildman–Crippen LogP) is 3.59. The fraction of sp³-hybridized carbons (Fsp3) is 0.464. The van der Waals surface area contributed by atoms with Crippen molar-refractivity contribution in [2.45, 2.75) is 56.0 Å². The number of nitrogens with one attached hydrogen (secondary N) is 1. The number of carbonyl (C=O) groups is 1. The summed E-state index contributed by atoms with van der Waals surface area (Å²) in [5.74, 6) is 0.629. The Morgan fingerprint density at radius 2 is 1.91 bits per heavy atom. The molecule has 0 amide bonds. The zero-order valence-corrected chi connectivity index (χ0v) is 20.3. The standard InChI is InChI=1S/C28H33N3O4/c1-34-20-7-5-6-17(12-20)24-13-18(30-11-10-19(32)16-30)14-25-27-22(15-26(31(24)25)28(33)35-2)21-8-3-4-9-23(21)29-27/h3-9,12,18-19,24-26,29,32H,10-11,13-16H2,1-2H3/t18-,19-,24+,25-,26+/m1/s1. The number of H-pyrrole nitrogens is 1. The normalized spacial score (nSPS) is 29.1. The van der Waals surface area contributed by atoms with Crippen molar-refractivity contribution in [2.75, 3.05) is 27.3 Å². The molecule has 4 heterocycles. The number of aliphatic hydroxyl groups excluding tert-OH is 1. The highest BCUT2D eigenvalue weighted by molar-refractivity contribution is 5.87. The molecule has 5 atom stereocenters. The van der Waals surface area contributed by atoms with Gasteiger partial charge in [0.1, 0.15) is 11.8 Å². The Bertz CT molecular complexity index is 1240. The number of piperidine rings is 1. The number of carbonyl (C=O) groups excluding carboxylic acids is 1. The summed E-state index contributed by atoms with van der Waals surface area (Å²) in [4.78, 5) is 21.8. The summed E-state index contributed by atoms with van der Waals surface area (Å²) in [6.07, 6.45) is 2.97. The Labute approximate surface area is 205 Å². The largest absolute Gasteiger partial charge is 0.497 e. The molecule has 3 aliphatic heterocycles. The van der Waals surface area contributed by atoms with E-state index in [2.05, 4.69) is 45.1 Å². The van der Waals surface area contributed by atoms with Crippen molar-refractivity contribution in [2.24, 2.45) is 0 Å². The van der Waals surface area contributed by atoms with Crippen LogP contribution in [-0.4, -0.2) is 71.4 Å². The highest BCUT2D eigenvalue weighted by Gasteiger charge is 2.49. The van der Waals surface area contributed by atoms with Gasteiger partial charge in [-0.25, -0.2) is 0 Å². The van der Waals surface area contributed by atoms with E-state index in [1.165, 1.54) is 23.8 Å². The molecule has 6 rings (SSSR count). The van der Waals surface area contributed by atoms with Gasteiger partial charge in [0.2, 0.25) is 0 Å². The number of hydrogen-bond acceptors (Lipinski definition) is 6. The van der Waals surface area contributed by atoms with Crippen LogP contribution in [0.3, 0.4) is 0 Å². The van der Waals surface area contributed by atoms with E-state index in [9.17, 15) is 9.90 Å². The Morgan fingerprint density at radius 1 is 1.09 bits per heavy atom. The molecule has 2 saturated heterocycles. The van der Waals surface area contributed by atoms with Gasteiger partial charge in [0.05, 0.1) is 26.4 Å². The monoisotopic (exact) mass is 475 g/mol. The fourth-order valence-corrected chi connectivity index (χ4v) is 6.69. The first-order valence-corrected chi connectivity index (χ1v) is 12.6. The summed E-state index contributed by atoms with van der Waals surface area (Å²) in [7, 11) is 3.17. The van der Waals surface area contributed by atoms with E-state index in [-0.39, 0.29) is 30.2 Å². The number of para-hydroxylation sites is 1. The van der Waals surface area contributed by atoms with E-state index >= 15 is 0 Å². The number of rotatable bonds is 4. The van der Waals surface area contributed by atoms with Gasteiger partial charge in [-0.2, -0.15) is 0 Å². The number of methoxy groups -OCH3 is 2. The number of nitrogens with zero attached hydrogens (tertiary/aromatic N) is 2. The van der Waals surface area contributed by atoms with Gasteiger partial charge in [0.25, 0.3) is 0 Å². The van der Waals surface area contributed by atoms with Crippen LogP contribution in [0.25, 0.3) is 10.9 Å². The highest BCUT2D eigenvalue weighted by atomic mass is 16.5. The summed E-state index contributed by atoms with van der Waals surface area (Å²) in [6.45, 7) is 1.62. The molecule has 2 N–H and O–H groups in total. The van der Waals surface area contributed by atoms with E-state index in [0.717, 1.165) is 42.6 Å². The number of esters is 1. The topological polar surface area (TPSA) is 78.0 Å². The van der Waals surface area contributed by atoms with Gasteiger partial charge >= 0.3 is 5.97 Å². The Balaban J connectivity index is 1.49. The Hall–Kier alpha value is -2.87. The minimum Gasteiger partial charge on any atom is -0.497 e. The van der Waals surface area contributed by atoms with E-state index in [1.54, 1.807) is 7.11 Å². The van der Waals surface area contributed by atoms with Gasteiger partial charge < -0.3 is 19.6 Å². The number of aromatic nitrogens is 1. The van der Waals surface area contributed by atoms with Crippen LogP contribution in [0, 0.1) is 0 Å². The lowest BCUT2D eigenvalue weighted by Crippen LogP contribution is -2.56. The Morgan fingerprint density at radius 3 is 2.69 bits per heavy atom. The van der Waals surface area contributed by atoms with Gasteiger partial charge in [-0.05, 0) is 48.6 Å². The van der Waals surface area contributed by atoms with Crippen LogP contribution in [0.15, 0.2) is 48.5 Å². The minimum absolute atomic E-state index is 0.0234. The molecule has 184 valence electrons. The number of hydrogen-bond donors (Lipinski definition) is 2. The van der Waals surface area contributed by atoms with Crippen LogP contribution < -0.4 is 4.74 Å². The lowest BCUT2D eigenvalue weighted by atomic mass is 9.79. The zero-order valence-electron chi connectivity index (χ0n) is 20.3. The molecule has 0 radical (unpaired) electrons. The number of aliphatic hydroxyl groups is 1. The number of likely N-dealkylation sites (tertiary alicyclic amines) is 1. The van der Waals surface area contributed by atoms with Crippen molar-refractivity contribution in [1.82, 2.24) is 14.8 Å². The molecule has 3 aliphatic rings. The first-order valence-electron chi connectivity index (χ1n) is 12.6. The molecule has 2 aromatic carbocycles. The van der Waals surface area contributed by atoms with Crippen LogP contribution in [-0.2, 0) is 16.0 Å². The van der Waals surface area contributed by atoms with Crippen LogP contribution in [0.4, 0.5) is 0 Å². The SMILES string of the molecule is COC(=O)[C@@H]1Cc2c([nH]c3ccccc23)[C@H]2C[C@H](N3CC[C@@H](O)C3)C[C@@H](c3cccc(OC)c3)N21. The Kier molecular flexibility index (Phi) is 5.79. The van der Waals surface area contributed by atoms with Crippen LogP contribution in [0.1, 0.15) is 48.2 Å². The summed E-state index contributed by atoms with van der Waals surface area (Å²) in [6, 6.07) is 16.6. The zero-order chi connectivity index (χ0) is 24.1. The fourth-order valence-electron chi connectivity index (χ4n) is 6.69. The molecule has 2 fully saturated rings. The van der Waals surface area contributed by atoms with Gasteiger partial charge in [0.15, 0.2) is 0 Å². The van der Waals surface area contributed by atoms with Crippen LogP contribution in [0.5, 0.6) is 5.75 Å². The lowest BCUT2D eigenvalue weighted by Gasteiger charge is -2.52. The number of ether oxygens (including phenoxy) is 2. The maximum absolute atomic E-state index is 13.2. The smallest absolute Gasteiger partial charge is 0.323 e. The molecular formula is C28H33N3O4. The third-order valence-corrected chi connectivity index (χ3v) is 8.31. The summed E-state index contributed by atoms with van der Waals surface area (Å²) in [5, 5.41) is 11.5. The van der Waals surface area contributed by atoms with Crippen LogP contribution in [0.2, 0.25) is 0 Å². The van der Waals surface area contributed by atoms with Crippen molar-refractivity contribution < 1.29 is 19.4 Å². The van der Waals surface area contributed by atoms with E-state index < -0.39 is 0 Å². The lowest BCUT2D eigenvalue weighted by molar-refractivity contribution is -0.152. The molecule has 7 nitrogen and oxygen atoms in total. The number of aromatic amines is 1. The van der Waals surface area contributed by atoms with Crippen molar-refractivity contribution in [3.8, 4) is 5.75 Å². The van der Waals surface area contributed by atoms with Crippen molar-refractivity contribution in [3.05, 3.63) is 65.4 Å². The molecule has 0 aliphatic carbocycles. The van der Waals surface area contributed by atoms with Crippen molar-refractivity contribution in [3.63, 3.8) is 0 Å². The van der Waals surface area contributed by atoms with Crippen molar-refractivity contribution in [1.29, 1.82) is 0 Å². The van der Waals surface area contributed by atoms with Crippen molar-refractivity contribution >= 4 is 16.9 Å². The van der Waals surface area contributed by atoms with Crippen LogP contribution >= 0.6 is 0 Å². The average Bonchev–Trinajstić information content (AvgIpc) is 3.50. The second-order valence-electron chi connectivity index (χ2n) is 10.1. The maximum Gasteiger partial charge on any atom is 0.323 e. The predicted molar refractivity (Wildman–Crippen MR) is 133 cm³/mol. The summed E-state index contributed by atoms with van der Waals surface area (Å²) in [5.41, 5.74) is 4.69. The second-order valence-corrected chi connectivity index (χ2v) is 10.1. The third kappa shape index (κ3) is 3.82. The summed E-state index contributed by atoms with van der Waals surface area (Å²) < 4.78 is 10.9.